The Morgan fingerprint density at radius 1 is 0.722 bits per heavy atom. The third kappa shape index (κ3) is 4.26. The molecule has 2 aliphatic carbocycles. The standard InChI is InChI=1S/C17H32N/c1-17(2,3)14-18(15-10-6-4-7-11-15)16-12-8-5-9-13-16/h14-16H,4-13H2,1-3H3. The maximum Gasteiger partial charge on any atom is 0.0311 e. The summed E-state index contributed by atoms with van der Waals surface area (Å²) in [4.78, 5) is 2.80. The summed E-state index contributed by atoms with van der Waals surface area (Å²) in [5, 5.41) is 0. The van der Waals surface area contributed by atoms with Crippen LogP contribution < -0.4 is 0 Å². The Hall–Kier alpha value is -0.0400. The minimum atomic E-state index is 0.328. The maximum absolute atomic E-state index is 2.80. The Kier molecular flexibility index (Phi) is 5.12. The van der Waals surface area contributed by atoms with Gasteiger partial charge in [-0.05, 0) is 31.1 Å². The van der Waals surface area contributed by atoms with Gasteiger partial charge in [0, 0.05) is 18.6 Å². The van der Waals surface area contributed by atoms with Crippen LogP contribution in [0, 0.1) is 12.0 Å². The fourth-order valence-corrected chi connectivity index (χ4v) is 3.71. The molecule has 0 aromatic carbocycles. The first kappa shape index (κ1) is 14.4. The third-order valence-electron chi connectivity index (χ3n) is 4.53. The lowest BCUT2D eigenvalue weighted by Gasteiger charge is -2.44. The van der Waals surface area contributed by atoms with Crippen LogP contribution in [0.25, 0.3) is 0 Å². The summed E-state index contributed by atoms with van der Waals surface area (Å²) >= 11 is 0. The molecule has 0 aliphatic heterocycles. The largest absolute Gasteiger partial charge is 0.292 e. The Morgan fingerprint density at radius 2 is 1.11 bits per heavy atom. The summed E-state index contributed by atoms with van der Waals surface area (Å²) in [5.74, 6) is 0. The van der Waals surface area contributed by atoms with E-state index in [0.29, 0.717) is 5.41 Å². The number of hydrogen-bond donors (Lipinski definition) is 0. The molecule has 18 heavy (non-hydrogen) atoms. The Morgan fingerprint density at radius 3 is 1.44 bits per heavy atom. The molecule has 0 aromatic heterocycles. The molecular weight excluding hydrogens is 218 g/mol. The molecule has 0 aromatic rings. The van der Waals surface area contributed by atoms with E-state index >= 15 is 0 Å². The molecule has 0 bridgehead atoms. The second-order valence-electron chi connectivity index (χ2n) is 7.53. The van der Waals surface area contributed by atoms with E-state index in [1.165, 1.54) is 64.2 Å². The van der Waals surface area contributed by atoms with Crippen LogP contribution in [0.15, 0.2) is 0 Å². The van der Waals surface area contributed by atoms with E-state index in [9.17, 15) is 0 Å². The first-order valence-corrected chi connectivity index (χ1v) is 8.20. The van der Waals surface area contributed by atoms with Crippen molar-refractivity contribution in [2.75, 3.05) is 0 Å². The molecule has 0 amide bonds. The van der Waals surface area contributed by atoms with E-state index in [1.54, 1.807) is 0 Å². The second kappa shape index (κ2) is 6.41. The first-order valence-electron chi connectivity index (χ1n) is 8.20. The molecule has 0 saturated heterocycles. The fraction of sp³-hybridized carbons (Fsp3) is 0.941. The normalized spacial score (nSPS) is 24.7. The molecular formula is C17H32N. The van der Waals surface area contributed by atoms with Gasteiger partial charge in [-0.2, -0.15) is 0 Å². The lowest BCUT2D eigenvalue weighted by atomic mass is 9.85. The predicted octanol–water partition coefficient (Wildman–Crippen LogP) is 5.16. The van der Waals surface area contributed by atoms with Crippen LogP contribution in [0.5, 0.6) is 0 Å². The van der Waals surface area contributed by atoms with E-state index in [4.69, 9.17) is 0 Å². The van der Waals surface area contributed by atoms with Gasteiger partial charge in [0.25, 0.3) is 0 Å². The highest BCUT2D eigenvalue weighted by Gasteiger charge is 2.31. The van der Waals surface area contributed by atoms with Crippen LogP contribution in [0.1, 0.15) is 85.0 Å². The molecule has 2 saturated carbocycles. The van der Waals surface area contributed by atoms with E-state index < -0.39 is 0 Å². The summed E-state index contributed by atoms with van der Waals surface area (Å²) in [6.45, 7) is 9.63. The highest BCUT2D eigenvalue weighted by atomic mass is 15.2. The van der Waals surface area contributed by atoms with Crippen LogP contribution in [-0.4, -0.2) is 17.0 Å². The minimum Gasteiger partial charge on any atom is -0.292 e. The zero-order valence-corrected chi connectivity index (χ0v) is 12.8. The number of rotatable bonds is 3. The van der Waals surface area contributed by atoms with Crippen molar-refractivity contribution in [3.63, 3.8) is 0 Å². The smallest absolute Gasteiger partial charge is 0.0311 e. The topological polar surface area (TPSA) is 3.24 Å². The van der Waals surface area contributed by atoms with Crippen LogP contribution >= 0.6 is 0 Å². The Bertz CT molecular complexity index is 210. The highest BCUT2D eigenvalue weighted by molar-refractivity contribution is 4.92. The van der Waals surface area contributed by atoms with Crippen molar-refractivity contribution in [1.82, 2.24) is 4.90 Å². The molecule has 105 valence electrons. The van der Waals surface area contributed by atoms with Gasteiger partial charge in [0.15, 0.2) is 0 Å². The van der Waals surface area contributed by atoms with Crippen LogP contribution in [0.3, 0.4) is 0 Å². The van der Waals surface area contributed by atoms with Crippen molar-refractivity contribution in [2.45, 2.75) is 97.1 Å². The molecule has 1 heteroatoms. The lowest BCUT2D eigenvalue weighted by Crippen LogP contribution is -2.45. The molecule has 2 aliphatic rings. The summed E-state index contributed by atoms with van der Waals surface area (Å²) < 4.78 is 0. The maximum atomic E-state index is 2.80. The average Bonchev–Trinajstić information content (AvgIpc) is 2.37. The monoisotopic (exact) mass is 250 g/mol. The summed E-state index contributed by atoms with van der Waals surface area (Å²) in [6, 6.07) is 1.70. The van der Waals surface area contributed by atoms with E-state index in [0.717, 1.165) is 12.1 Å². The van der Waals surface area contributed by atoms with Gasteiger partial charge in [0.1, 0.15) is 0 Å². The first-order chi connectivity index (χ1) is 8.56. The fourth-order valence-electron chi connectivity index (χ4n) is 3.71. The van der Waals surface area contributed by atoms with Gasteiger partial charge >= 0.3 is 0 Å². The van der Waals surface area contributed by atoms with E-state index in [2.05, 4.69) is 32.2 Å². The van der Waals surface area contributed by atoms with Crippen LogP contribution in [-0.2, 0) is 0 Å². The lowest BCUT2D eigenvalue weighted by molar-refractivity contribution is 0.0869. The van der Waals surface area contributed by atoms with Gasteiger partial charge in [-0.25, -0.2) is 0 Å². The molecule has 1 nitrogen and oxygen atoms in total. The molecule has 2 fully saturated rings. The van der Waals surface area contributed by atoms with Gasteiger partial charge in [0.05, 0.1) is 0 Å². The van der Waals surface area contributed by atoms with Gasteiger partial charge in [0.2, 0.25) is 0 Å². The average molecular weight is 250 g/mol. The predicted molar refractivity (Wildman–Crippen MR) is 79.3 cm³/mol. The number of nitrogens with zero attached hydrogens (tertiary/aromatic N) is 1. The van der Waals surface area contributed by atoms with E-state index in [-0.39, 0.29) is 0 Å². The van der Waals surface area contributed by atoms with Crippen molar-refractivity contribution >= 4 is 0 Å². The molecule has 0 heterocycles. The molecule has 2 rings (SSSR count). The van der Waals surface area contributed by atoms with Crippen molar-refractivity contribution < 1.29 is 0 Å². The quantitative estimate of drug-likeness (QED) is 0.668. The SMILES string of the molecule is CC(C)(C)[CH]N(C1CCCCC1)C1CCCCC1. The summed E-state index contributed by atoms with van der Waals surface area (Å²) in [5.41, 5.74) is 0.328. The van der Waals surface area contributed by atoms with Gasteiger partial charge in [-0.3, -0.25) is 4.90 Å². The molecule has 0 spiro atoms. The molecule has 0 N–H and O–H groups in total. The molecule has 0 atom stereocenters. The van der Waals surface area contributed by atoms with Crippen LogP contribution in [0.4, 0.5) is 0 Å². The Balaban J connectivity index is 2.00. The summed E-state index contributed by atoms with van der Waals surface area (Å²) in [7, 11) is 0. The van der Waals surface area contributed by atoms with Gasteiger partial charge < -0.3 is 0 Å². The van der Waals surface area contributed by atoms with Crippen molar-refractivity contribution in [3.05, 3.63) is 6.54 Å². The minimum absolute atomic E-state index is 0.328. The molecule has 1 radical (unpaired) electrons. The van der Waals surface area contributed by atoms with Crippen molar-refractivity contribution in [1.29, 1.82) is 0 Å². The zero-order chi connectivity index (χ0) is 13.0. The van der Waals surface area contributed by atoms with Crippen molar-refractivity contribution in [2.24, 2.45) is 5.41 Å². The third-order valence-corrected chi connectivity index (χ3v) is 4.53. The van der Waals surface area contributed by atoms with Crippen LogP contribution in [0.2, 0.25) is 0 Å². The summed E-state index contributed by atoms with van der Waals surface area (Å²) in [6.07, 6.45) is 14.5. The van der Waals surface area contributed by atoms with Gasteiger partial charge in [-0.1, -0.05) is 59.3 Å². The van der Waals surface area contributed by atoms with E-state index in [1.807, 2.05) is 0 Å². The Labute approximate surface area is 114 Å². The van der Waals surface area contributed by atoms with Gasteiger partial charge in [-0.15, -0.1) is 0 Å². The zero-order valence-electron chi connectivity index (χ0n) is 12.8. The number of hydrogen-bond acceptors (Lipinski definition) is 1. The molecule has 0 unspecified atom stereocenters. The highest BCUT2D eigenvalue weighted by Crippen LogP contribution is 2.34. The van der Waals surface area contributed by atoms with Crippen molar-refractivity contribution in [3.8, 4) is 0 Å². The second-order valence-corrected chi connectivity index (χ2v) is 7.53.